The Balaban J connectivity index is 1.35. The second-order valence-electron chi connectivity index (χ2n) is 11.7. The van der Waals surface area contributed by atoms with Gasteiger partial charge in [0.05, 0.1) is 33.3 Å². The first-order valence-electron chi connectivity index (χ1n) is 15.5. The van der Waals surface area contributed by atoms with E-state index in [0.29, 0.717) is 5.56 Å². The van der Waals surface area contributed by atoms with Gasteiger partial charge in [-0.05, 0) is 70.8 Å². The van der Waals surface area contributed by atoms with Crippen LogP contribution in [0.3, 0.4) is 0 Å². The lowest BCUT2D eigenvalue weighted by atomic mass is 9.91. The van der Waals surface area contributed by atoms with Gasteiger partial charge in [0.1, 0.15) is 6.07 Å². The average molecular weight is 586 g/mol. The first-order chi connectivity index (χ1) is 22.8. The number of benzene rings is 7. The number of nitriles is 1. The van der Waals surface area contributed by atoms with Gasteiger partial charge >= 0.3 is 0 Å². The number of rotatable bonds is 4. The number of fused-ring (bicyclic) bond motifs is 6. The van der Waals surface area contributed by atoms with Crippen LogP contribution >= 0.6 is 0 Å². The van der Waals surface area contributed by atoms with E-state index in [1.54, 1.807) is 0 Å². The van der Waals surface area contributed by atoms with Crippen LogP contribution in [0.1, 0.15) is 5.56 Å². The van der Waals surface area contributed by atoms with E-state index in [1.807, 2.05) is 6.07 Å². The minimum atomic E-state index is 0.632. The minimum absolute atomic E-state index is 0.632. The van der Waals surface area contributed by atoms with Gasteiger partial charge in [0, 0.05) is 27.2 Å². The fourth-order valence-electron chi connectivity index (χ4n) is 7.15. The van der Waals surface area contributed by atoms with Crippen LogP contribution in [0, 0.1) is 11.3 Å². The van der Waals surface area contributed by atoms with Crippen molar-refractivity contribution in [2.24, 2.45) is 0 Å². The molecule has 46 heavy (non-hydrogen) atoms. The largest absolute Gasteiger partial charge is 0.309 e. The molecule has 9 aromatic rings. The molecule has 0 spiro atoms. The van der Waals surface area contributed by atoms with Crippen molar-refractivity contribution >= 4 is 43.6 Å². The van der Waals surface area contributed by atoms with Crippen molar-refractivity contribution in [3.8, 4) is 39.7 Å². The molecule has 3 heteroatoms. The Morgan fingerprint density at radius 1 is 0.391 bits per heavy atom. The zero-order valence-electron chi connectivity index (χ0n) is 24.9. The zero-order chi connectivity index (χ0) is 30.6. The molecule has 9 rings (SSSR count). The molecule has 7 aromatic carbocycles. The van der Waals surface area contributed by atoms with E-state index in [1.165, 1.54) is 32.6 Å². The monoisotopic (exact) mass is 585 g/mol. The van der Waals surface area contributed by atoms with Crippen molar-refractivity contribution in [1.82, 2.24) is 9.13 Å². The smallest absolute Gasteiger partial charge is 0.101 e. The van der Waals surface area contributed by atoms with Crippen LogP contribution in [-0.4, -0.2) is 9.13 Å². The third-order valence-electron chi connectivity index (χ3n) is 9.16. The predicted octanol–water partition coefficient (Wildman–Crippen LogP) is 11.1. The van der Waals surface area contributed by atoms with Gasteiger partial charge in [0.25, 0.3) is 0 Å². The van der Waals surface area contributed by atoms with E-state index < -0.39 is 0 Å². The van der Waals surface area contributed by atoms with Crippen LogP contribution in [0.4, 0.5) is 0 Å². The zero-order valence-corrected chi connectivity index (χ0v) is 24.9. The number of para-hydroxylation sites is 4. The van der Waals surface area contributed by atoms with Crippen LogP contribution < -0.4 is 0 Å². The lowest BCUT2D eigenvalue weighted by Gasteiger charge is -2.18. The summed E-state index contributed by atoms with van der Waals surface area (Å²) in [5.41, 5.74) is 11.4. The SMILES string of the molecule is N#Cc1cc(-c2ccccc2)c(-c2cccc(-n3c4ccccc4c4ccccc43)c2)cc1-n1c2ccccc2c2ccccc21. The molecule has 0 aliphatic rings. The molecule has 0 saturated carbocycles. The van der Waals surface area contributed by atoms with Crippen LogP contribution in [0.25, 0.3) is 77.2 Å². The van der Waals surface area contributed by atoms with Gasteiger partial charge in [-0.1, -0.05) is 115 Å². The lowest BCUT2D eigenvalue weighted by molar-refractivity contribution is 1.17. The summed E-state index contributed by atoms with van der Waals surface area (Å²) in [6.07, 6.45) is 0. The van der Waals surface area contributed by atoms with Crippen LogP contribution in [-0.2, 0) is 0 Å². The fraction of sp³-hybridized carbons (Fsp3) is 0. The van der Waals surface area contributed by atoms with E-state index in [-0.39, 0.29) is 0 Å². The third kappa shape index (κ3) is 3.91. The summed E-state index contributed by atoms with van der Waals surface area (Å²) >= 11 is 0. The second-order valence-corrected chi connectivity index (χ2v) is 11.7. The number of aromatic nitrogens is 2. The van der Waals surface area contributed by atoms with Gasteiger partial charge in [-0.3, -0.25) is 0 Å². The molecule has 0 bridgehead atoms. The summed E-state index contributed by atoms with van der Waals surface area (Å²) < 4.78 is 4.60. The van der Waals surface area contributed by atoms with Gasteiger partial charge < -0.3 is 9.13 Å². The molecule has 0 unspecified atom stereocenters. The maximum atomic E-state index is 10.6. The Labute approximate surface area is 266 Å². The molecular formula is C43H27N3. The molecule has 2 heterocycles. The van der Waals surface area contributed by atoms with E-state index in [4.69, 9.17) is 0 Å². The summed E-state index contributed by atoms with van der Waals surface area (Å²) in [4.78, 5) is 0. The fourth-order valence-corrected chi connectivity index (χ4v) is 7.15. The molecule has 0 saturated heterocycles. The van der Waals surface area contributed by atoms with Gasteiger partial charge in [-0.2, -0.15) is 5.26 Å². The molecule has 0 N–H and O–H groups in total. The lowest BCUT2D eigenvalue weighted by Crippen LogP contribution is -2.00. The average Bonchev–Trinajstić information content (AvgIpc) is 3.65. The van der Waals surface area contributed by atoms with Crippen molar-refractivity contribution in [2.75, 3.05) is 0 Å². The molecule has 2 aromatic heterocycles. The molecule has 0 atom stereocenters. The normalized spacial score (nSPS) is 11.5. The molecule has 0 aliphatic carbocycles. The summed E-state index contributed by atoms with van der Waals surface area (Å²) in [6, 6.07) is 60.1. The van der Waals surface area contributed by atoms with Crippen molar-refractivity contribution in [1.29, 1.82) is 5.26 Å². The van der Waals surface area contributed by atoms with E-state index in [9.17, 15) is 5.26 Å². The Morgan fingerprint density at radius 3 is 1.39 bits per heavy atom. The van der Waals surface area contributed by atoms with E-state index in [0.717, 1.165) is 44.7 Å². The summed E-state index contributed by atoms with van der Waals surface area (Å²) in [6.45, 7) is 0. The van der Waals surface area contributed by atoms with Crippen molar-refractivity contribution in [2.45, 2.75) is 0 Å². The number of hydrogen-bond donors (Lipinski definition) is 0. The molecule has 0 radical (unpaired) electrons. The maximum absolute atomic E-state index is 10.6. The number of hydrogen-bond acceptors (Lipinski definition) is 1. The van der Waals surface area contributed by atoms with Crippen LogP contribution in [0.2, 0.25) is 0 Å². The highest BCUT2D eigenvalue weighted by Gasteiger charge is 2.19. The standard InChI is InChI=1S/C43H27N3/c44-28-31-26-37(29-13-2-1-3-14-29)38(27-43(31)46-41-23-10-6-19-35(41)36-20-7-11-24-42(36)46)30-15-12-16-32(25-30)45-39-21-8-4-17-33(39)34-18-5-9-22-40(34)45/h1-27H. The minimum Gasteiger partial charge on any atom is -0.309 e. The van der Waals surface area contributed by atoms with Gasteiger partial charge in [-0.15, -0.1) is 0 Å². The van der Waals surface area contributed by atoms with Crippen LogP contribution in [0.15, 0.2) is 164 Å². The Kier molecular flexibility index (Phi) is 5.88. The van der Waals surface area contributed by atoms with Gasteiger partial charge in [-0.25, -0.2) is 0 Å². The van der Waals surface area contributed by atoms with Crippen molar-refractivity contribution in [3.05, 3.63) is 169 Å². The summed E-state index contributed by atoms with van der Waals surface area (Å²) in [7, 11) is 0. The van der Waals surface area contributed by atoms with Crippen LogP contribution in [0.5, 0.6) is 0 Å². The summed E-state index contributed by atoms with van der Waals surface area (Å²) in [5.74, 6) is 0. The summed E-state index contributed by atoms with van der Waals surface area (Å²) in [5, 5.41) is 15.4. The topological polar surface area (TPSA) is 33.6 Å². The number of nitrogens with zero attached hydrogens (tertiary/aromatic N) is 3. The van der Waals surface area contributed by atoms with Crippen molar-refractivity contribution < 1.29 is 0 Å². The molecular weight excluding hydrogens is 558 g/mol. The molecule has 0 aliphatic heterocycles. The molecule has 0 amide bonds. The highest BCUT2D eigenvalue weighted by Crippen LogP contribution is 2.40. The Hall–Kier alpha value is -6.37. The van der Waals surface area contributed by atoms with Gasteiger partial charge in [0.15, 0.2) is 0 Å². The molecule has 3 nitrogen and oxygen atoms in total. The van der Waals surface area contributed by atoms with E-state index >= 15 is 0 Å². The van der Waals surface area contributed by atoms with E-state index in [2.05, 4.69) is 173 Å². The van der Waals surface area contributed by atoms with Gasteiger partial charge in [0.2, 0.25) is 0 Å². The molecule has 214 valence electrons. The highest BCUT2D eigenvalue weighted by molar-refractivity contribution is 6.10. The predicted molar refractivity (Wildman–Crippen MR) is 191 cm³/mol. The maximum Gasteiger partial charge on any atom is 0.101 e. The quantitative estimate of drug-likeness (QED) is 0.202. The first kappa shape index (κ1) is 26.1. The Bertz CT molecular complexity index is 2540. The first-order valence-corrected chi connectivity index (χ1v) is 15.5. The highest BCUT2D eigenvalue weighted by atomic mass is 15.0. The Morgan fingerprint density at radius 2 is 0.848 bits per heavy atom. The van der Waals surface area contributed by atoms with Crippen molar-refractivity contribution in [3.63, 3.8) is 0 Å². The molecule has 0 fully saturated rings. The second kappa shape index (κ2) is 10.4. The third-order valence-corrected chi connectivity index (χ3v) is 9.16.